The highest BCUT2D eigenvalue weighted by Gasteiger charge is 2.20. The second kappa shape index (κ2) is 4.46. The summed E-state index contributed by atoms with van der Waals surface area (Å²) in [4.78, 5) is 0. The van der Waals surface area contributed by atoms with E-state index in [-0.39, 0.29) is 0 Å². The van der Waals surface area contributed by atoms with E-state index >= 15 is 0 Å². The van der Waals surface area contributed by atoms with Crippen LogP contribution in [0.5, 0.6) is 0 Å². The molecule has 4 rings (SSSR count). The molecule has 0 saturated carbocycles. The van der Waals surface area contributed by atoms with Crippen LogP contribution in [0.3, 0.4) is 0 Å². The van der Waals surface area contributed by atoms with Gasteiger partial charge in [-0.25, -0.2) is 0 Å². The van der Waals surface area contributed by atoms with Crippen molar-refractivity contribution in [1.29, 1.82) is 0 Å². The van der Waals surface area contributed by atoms with E-state index in [2.05, 4.69) is 51.1 Å². The fraction of sp³-hybridized carbons (Fsp3) is 0. The lowest BCUT2D eigenvalue weighted by molar-refractivity contribution is 0.923. The van der Waals surface area contributed by atoms with Gasteiger partial charge in [0.15, 0.2) is 0 Å². The molecule has 3 nitrogen and oxygen atoms in total. The van der Waals surface area contributed by atoms with Crippen molar-refractivity contribution >= 4 is 22.9 Å². The van der Waals surface area contributed by atoms with Crippen molar-refractivity contribution in [2.75, 3.05) is 0 Å². The minimum absolute atomic E-state index is 0.886. The van der Waals surface area contributed by atoms with E-state index in [0.29, 0.717) is 0 Å². The molecule has 94 valence electrons. The minimum atomic E-state index is 0.886. The number of fused-ring (bicyclic) bond motifs is 5. The second-order valence-corrected chi connectivity index (χ2v) is 5.40. The Bertz CT molecular complexity index is 884. The Morgan fingerprint density at radius 3 is 2.20 bits per heavy atom. The Morgan fingerprint density at radius 2 is 1.45 bits per heavy atom. The van der Waals surface area contributed by atoms with E-state index in [1.807, 2.05) is 42.5 Å². The van der Waals surface area contributed by atoms with Gasteiger partial charge in [-0.3, -0.25) is 0 Å². The monoisotopic (exact) mass is 369 g/mol. The number of hydrogen-bond donors (Lipinski definition) is 0. The normalized spacial score (nSPS) is 11.2. The fourth-order valence-electron chi connectivity index (χ4n) is 2.40. The first-order chi connectivity index (χ1) is 9.84. The SMILES string of the molecule is In1nnc2c1-c1ccccc1C#Cc1ccccc1-2. The third kappa shape index (κ3) is 1.67. The lowest BCUT2D eigenvalue weighted by Gasteiger charge is -2.10. The first-order valence-electron chi connectivity index (χ1n) is 6.17. The van der Waals surface area contributed by atoms with Gasteiger partial charge in [-0.2, -0.15) is 2.90 Å². The molecule has 0 aliphatic heterocycles. The van der Waals surface area contributed by atoms with Crippen molar-refractivity contribution in [2.24, 2.45) is 0 Å². The number of aromatic nitrogens is 3. The summed E-state index contributed by atoms with van der Waals surface area (Å²) in [6.45, 7) is 0. The second-order valence-electron chi connectivity index (χ2n) is 4.49. The third-order valence-electron chi connectivity index (χ3n) is 3.33. The molecule has 3 aromatic rings. The maximum atomic E-state index is 4.34. The van der Waals surface area contributed by atoms with Crippen LogP contribution in [-0.4, -0.2) is 13.2 Å². The van der Waals surface area contributed by atoms with Gasteiger partial charge in [0.05, 0.1) is 22.9 Å². The van der Waals surface area contributed by atoms with E-state index in [4.69, 9.17) is 0 Å². The summed E-state index contributed by atoms with van der Waals surface area (Å²) in [6, 6.07) is 16.2. The van der Waals surface area contributed by atoms with Crippen LogP contribution in [0, 0.1) is 11.8 Å². The van der Waals surface area contributed by atoms with Crippen LogP contribution in [0.25, 0.3) is 22.5 Å². The number of halogens is 1. The Morgan fingerprint density at radius 1 is 0.850 bits per heavy atom. The van der Waals surface area contributed by atoms with Crippen molar-refractivity contribution in [3.63, 3.8) is 0 Å². The van der Waals surface area contributed by atoms with Crippen LogP contribution in [0.1, 0.15) is 11.1 Å². The standard InChI is InChI=1S/C16H8IN3/c17-20-16-14-8-4-2-6-12(14)10-9-11-5-1-3-7-13(11)15(16)18-19-20/h1-8H. The highest BCUT2D eigenvalue weighted by molar-refractivity contribution is 14.1. The van der Waals surface area contributed by atoms with Gasteiger partial charge in [0.25, 0.3) is 0 Å². The number of rotatable bonds is 0. The molecule has 0 radical (unpaired) electrons. The van der Waals surface area contributed by atoms with Gasteiger partial charge in [-0.15, -0.1) is 5.10 Å². The highest BCUT2D eigenvalue weighted by atomic mass is 127. The minimum Gasteiger partial charge on any atom is -0.183 e. The molecule has 0 bridgehead atoms. The van der Waals surface area contributed by atoms with Crippen LogP contribution in [-0.2, 0) is 0 Å². The molecule has 2 aromatic carbocycles. The average Bonchev–Trinajstić information content (AvgIpc) is 2.85. The van der Waals surface area contributed by atoms with Gasteiger partial charge in [0.1, 0.15) is 11.4 Å². The molecule has 4 heteroatoms. The molecular weight excluding hydrogens is 361 g/mol. The summed E-state index contributed by atoms with van der Waals surface area (Å²) in [6.07, 6.45) is 0. The number of benzene rings is 2. The Hall–Kier alpha value is -2.13. The molecule has 20 heavy (non-hydrogen) atoms. The highest BCUT2D eigenvalue weighted by Crippen LogP contribution is 2.35. The lowest BCUT2D eigenvalue weighted by atomic mass is 9.95. The number of hydrogen-bond acceptors (Lipinski definition) is 2. The molecule has 1 aromatic heterocycles. The molecule has 0 fully saturated rings. The van der Waals surface area contributed by atoms with E-state index in [1.54, 1.807) is 2.90 Å². The molecule has 0 N–H and O–H groups in total. The van der Waals surface area contributed by atoms with Gasteiger partial charge >= 0.3 is 0 Å². The van der Waals surface area contributed by atoms with Gasteiger partial charge in [0.2, 0.25) is 0 Å². The van der Waals surface area contributed by atoms with Crippen molar-refractivity contribution in [1.82, 2.24) is 13.2 Å². The Balaban J connectivity index is 2.17. The van der Waals surface area contributed by atoms with Gasteiger partial charge in [0, 0.05) is 22.3 Å². The quantitative estimate of drug-likeness (QED) is 0.351. The summed E-state index contributed by atoms with van der Waals surface area (Å²) < 4.78 is 1.79. The van der Waals surface area contributed by atoms with Gasteiger partial charge < -0.3 is 0 Å². The maximum Gasteiger partial charge on any atom is 0.123 e. The topological polar surface area (TPSA) is 30.7 Å². The van der Waals surface area contributed by atoms with E-state index < -0.39 is 0 Å². The molecular formula is C16H8IN3. The number of nitrogens with zero attached hydrogens (tertiary/aromatic N) is 3. The third-order valence-corrected chi connectivity index (χ3v) is 4.00. The van der Waals surface area contributed by atoms with Gasteiger partial charge in [-0.05, 0) is 12.1 Å². The van der Waals surface area contributed by atoms with Crippen molar-refractivity contribution in [2.45, 2.75) is 0 Å². The van der Waals surface area contributed by atoms with E-state index in [1.165, 1.54) is 0 Å². The van der Waals surface area contributed by atoms with E-state index in [9.17, 15) is 0 Å². The van der Waals surface area contributed by atoms with Gasteiger partial charge in [-0.1, -0.05) is 53.5 Å². The smallest absolute Gasteiger partial charge is 0.123 e. The molecule has 1 aliphatic rings. The van der Waals surface area contributed by atoms with Crippen molar-refractivity contribution in [3.05, 3.63) is 59.7 Å². The van der Waals surface area contributed by atoms with Crippen LogP contribution in [0.15, 0.2) is 48.5 Å². The molecule has 1 aliphatic carbocycles. The zero-order valence-electron chi connectivity index (χ0n) is 10.3. The molecule has 0 saturated heterocycles. The van der Waals surface area contributed by atoms with Crippen LogP contribution in [0.4, 0.5) is 0 Å². The molecule has 0 atom stereocenters. The maximum absolute atomic E-state index is 4.34. The average molecular weight is 369 g/mol. The van der Waals surface area contributed by atoms with Crippen LogP contribution in [0.2, 0.25) is 0 Å². The molecule has 0 amide bonds. The summed E-state index contributed by atoms with van der Waals surface area (Å²) in [5.41, 5.74) is 5.99. The molecule has 0 unspecified atom stereocenters. The lowest BCUT2D eigenvalue weighted by Crippen LogP contribution is -1.95. The fourth-order valence-corrected chi connectivity index (χ4v) is 2.99. The van der Waals surface area contributed by atoms with Crippen molar-refractivity contribution < 1.29 is 0 Å². The van der Waals surface area contributed by atoms with Crippen molar-refractivity contribution in [3.8, 4) is 34.4 Å². The van der Waals surface area contributed by atoms with E-state index in [0.717, 1.165) is 33.6 Å². The summed E-state index contributed by atoms with van der Waals surface area (Å²) in [7, 11) is 0. The Kier molecular flexibility index (Phi) is 2.60. The summed E-state index contributed by atoms with van der Waals surface area (Å²) >= 11 is 2.16. The van der Waals surface area contributed by atoms with Crippen LogP contribution >= 0.6 is 22.9 Å². The predicted octanol–water partition coefficient (Wildman–Crippen LogP) is 3.52. The first kappa shape index (κ1) is 11.7. The largest absolute Gasteiger partial charge is 0.183 e. The predicted molar refractivity (Wildman–Crippen MR) is 86.3 cm³/mol. The zero-order chi connectivity index (χ0) is 13.5. The van der Waals surface area contributed by atoms with Crippen LogP contribution < -0.4 is 0 Å². The first-order valence-corrected chi connectivity index (χ1v) is 7.14. The molecule has 1 heterocycles. The zero-order valence-corrected chi connectivity index (χ0v) is 12.5. The Labute approximate surface area is 130 Å². The summed E-state index contributed by atoms with van der Waals surface area (Å²) in [5.74, 6) is 6.50. The summed E-state index contributed by atoms with van der Waals surface area (Å²) in [5, 5.41) is 8.51. The molecule has 0 spiro atoms.